The van der Waals surface area contributed by atoms with Gasteiger partial charge < -0.3 is 33.2 Å². The fraction of sp³-hybridized carbons (Fsp3) is 0.455. The van der Waals surface area contributed by atoms with Gasteiger partial charge in [-0.2, -0.15) is 0 Å². The van der Waals surface area contributed by atoms with Crippen LogP contribution in [0.2, 0.25) is 0 Å². The van der Waals surface area contributed by atoms with Gasteiger partial charge >= 0.3 is 23.9 Å². The van der Waals surface area contributed by atoms with Gasteiger partial charge in [0.1, 0.15) is 26.4 Å². The third-order valence-electron chi connectivity index (χ3n) is 3.09. The third kappa shape index (κ3) is 21.7. The zero-order chi connectivity index (χ0) is 24.6. The molecular formula is C22H30O11. The molecule has 0 aliphatic rings. The summed E-state index contributed by atoms with van der Waals surface area (Å²) in [5.41, 5.74) is 0. The molecule has 0 atom stereocenters. The van der Waals surface area contributed by atoms with Crippen molar-refractivity contribution in [2.45, 2.75) is 0 Å². The van der Waals surface area contributed by atoms with E-state index in [0.29, 0.717) is 26.4 Å². The lowest BCUT2D eigenvalue weighted by molar-refractivity contribution is -0.141. The molecule has 0 saturated heterocycles. The molecule has 0 aromatic carbocycles. The van der Waals surface area contributed by atoms with Crippen LogP contribution in [0, 0.1) is 0 Å². The molecule has 0 heterocycles. The molecule has 0 aliphatic heterocycles. The number of carbonyl (C=O) groups is 4. The highest BCUT2D eigenvalue weighted by atomic mass is 16.6. The van der Waals surface area contributed by atoms with Crippen LogP contribution < -0.4 is 0 Å². The van der Waals surface area contributed by atoms with Crippen LogP contribution in [0.4, 0.5) is 0 Å². The average Bonchev–Trinajstić information content (AvgIpc) is 2.81. The SMILES string of the molecule is C=CCOC(=O)/C=C\C(=O)OCCOCCOCCOCCOC(=O)/C=C\C(=O)OCC=C. The first-order valence-electron chi connectivity index (χ1n) is 9.97. The number of hydrogen-bond donors (Lipinski definition) is 0. The first-order valence-corrected chi connectivity index (χ1v) is 9.97. The Morgan fingerprint density at radius 3 is 1.03 bits per heavy atom. The molecule has 0 aromatic heterocycles. The molecule has 0 bridgehead atoms. The second-order valence-corrected chi connectivity index (χ2v) is 5.68. The van der Waals surface area contributed by atoms with Gasteiger partial charge in [-0.25, -0.2) is 19.2 Å². The van der Waals surface area contributed by atoms with Crippen LogP contribution in [0.25, 0.3) is 0 Å². The molecule has 0 rings (SSSR count). The Bertz CT molecular complexity index is 611. The normalized spacial score (nSPS) is 10.7. The summed E-state index contributed by atoms with van der Waals surface area (Å²) in [6.07, 6.45) is 6.69. The molecule has 0 spiro atoms. The molecule has 0 radical (unpaired) electrons. The first-order chi connectivity index (χ1) is 16.0. The van der Waals surface area contributed by atoms with E-state index in [1.165, 1.54) is 12.2 Å². The molecule has 0 saturated carbocycles. The molecule has 0 amide bonds. The van der Waals surface area contributed by atoms with E-state index in [0.717, 1.165) is 24.3 Å². The van der Waals surface area contributed by atoms with Crippen LogP contribution in [0.15, 0.2) is 49.6 Å². The van der Waals surface area contributed by atoms with Crippen molar-refractivity contribution in [3.63, 3.8) is 0 Å². The molecule has 11 heteroatoms. The van der Waals surface area contributed by atoms with Crippen LogP contribution >= 0.6 is 0 Å². The Kier molecular flexibility index (Phi) is 19.8. The van der Waals surface area contributed by atoms with E-state index < -0.39 is 23.9 Å². The first kappa shape index (κ1) is 29.7. The Morgan fingerprint density at radius 2 is 0.727 bits per heavy atom. The summed E-state index contributed by atoms with van der Waals surface area (Å²) in [5.74, 6) is -2.70. The number of ether oxygens (including phenoxy) is 7. The molecule has 0 fully saturated rings. The van der Waals surface area contributed by atoms with Crippen molar-refractivity contribution in [1.82, 2.24) is 0 Å². The Morgan fingerprint density at radius 1 is 0.455 bits per heavy atom. The molecular weight excluding hydrogens is 440 g/mol. The Labute approximate surface area is 192 Å². The lowest BCUT2D eigenvalue weighted by Gasteiger charge is -2.07. The Balaban J connectivity index is 3.46. The lowest BCUT2D eigenvalue weighted by Crippen LogP contribution is -2.14. The monoisotopic (exact) mass is 470 g/mol. The second kappa shape index (κ2) is 21.9. The highest BCUT2D eigenvalue weighted by molar-refractivity contribution is 5.92. The van der Waals surface area contributed by atoms with Gasteiger partial charge in [0.25, 0.3) is 0 Å². The summed E-state index contributed by atoms with van der Waals surface area (Å²) in [4.78, 5) is 45.0. The van der Waals surface area contributed by atoms with Crippen molar-refractivity contribution in [1.29, 1.82) is 0 Å². The number of carbonyl (C=O) groups excluding carboxylic acids is 4. The van der Waals surface area contributed by atoms with Crippen molar-refractivity contribution < 1.29 is 52.3 Å². The van der Waals surface area contributed by atoms with E-state index in [2.05, 4.69) is 22.6 Å². The number of esters is 4. The zero-order valence-electron chi connectivity index (χ0n) is 18.4. The maximum atomic E-state index is 11.4. The van der Waals surface area contributed by atoms with E-state index in [1.807, 2.05) is 0 Å². The van der Waals surface area contributed by atoms with Gasteiger partial charge in [-0.05, 0) is 0 Å². The zero-order valence-corrected chi connectivity index (χ0v) is 18.4. The number of rotatable bonds is 20. The van der Waals surface area contributed by atoms with Crippen LogP contribution in [0.5, 0.6) is 0 Å². The van der Waals surface area contributed by atoms with Crippen LogP contribution in [0.1, 0.15) is 0 Å². The van der Waals surface area contributed by atoms with E-state index in [-0.39, 0.29) is 39.6 Å². The lowest BCUT2D eigenvalue weighted by atomic mass is 10.5. The molecule has 33 heavy (non-hydrogen) atoms. The molecule has 184 valence electrons. The maximum absolute atomic E-state index is 11.4. The summed E-state index contributed by atoms with van der Waals surface area (Å²) in [7, 11) is 0. The van der Waals surface area contributed by atoms with Crippen LogP contribution in [0.3, 0.4) is 0 Å². The number of hydrogen-bond acceptors (Lipinski definition) is 11. The van der Waals surface area contributed by atoms with Crippen molar-refractivity contribution in [3.05, 3.63) is 49.6 Å². The minimum absolute atomic E-state index is 0.0257. The Hall–Kier alpha value is -3.28. The van der Waals surface area contributed by atoms with Crippen molar-refractivity contribution in [3.8, 4) is 0 Å². The standard InChI is InChI=1S/C22H30O11/c1-3-9-30-19(23)5-7-21(25)32-17-15-28-13-11-27-12-14-29-16-18-33-22(26)8-6-20(24)31-10-4-2/h3-8H,1-2,9-18H2/b7-5-,8-6-. The summed E-state index contributed by atoms with van der Waals surface area (Å²) in [6.45, 7) is 8.52. The van der Waals surface area contributed by atoms with Crippen LogP contribution in [-0.4, -0.2) is 89.9 Å². The highest BCUT2D eigenvalue weighted by Gasteiger charge is 2.01. The summed E-state index contributed by atoms with van der Waals surface area (Å²) < 4.78 is 34.7. The van der Waals surface area contributed by atoms with E-state index in [4.69, 9.17) is 23.7 Å². The van der Waals surface area contributed by atoms with Gasteiger partial charge in [-0.3, -0.25) is 0 Å². The summed E-state index contributed by atoms with van der Waals surface area (Å²) in [5, 5.41) is 0. The topological polar surface area (TPSA) is 133 Å². The van der Waals surface area contributed by atoms with Gasteiger partial charge in [0, 0.05) is 24.3 Å². The highest BCUT2D eigenvalue weighted by Crippen LogP contribution is 1.89. The predicted octanol–water partition coefficient (Wildman–Crippen LogP) is 0.693. The van der Waals surface area contributed by atoms with Gasteiger partial charge in [0.05, 0.1) is 39.6 Å². The minimum Gasteiger partial charge on any atom is -0.460 e. The average molecular weight is 470 g/mol. The summed E-state index contributed by atoms with van der Waals surface area (Å²) in [6, 6.07) is 0. The summed E-state index contributed by atoms with van der Waals surface area (Å²) >= 11 is 0. The van der Waals surface area contributed by atoms with Crippen molar-refractivity contribution in [2.75, 3.05) is 66.1 Å². The largest absolute Gasteiger partial charge is 0.460 e. The van der Waals surface area contributed by atoms with Gasteiger partial charge in [-0.1, -0.05) is 25.3 Å². The molecule has 0 N–H and O–H groups in total. The van der Waals surface area contributed by atoms with E-state index in [1.54, 1.807) is 0 Å². The third-order valence-corrected chi connectivity index (χ3v) is 3.09. The fourth-order valence-electron chi connectivity index (χ4n) is 1.69. The predicted molar refractivity (Wildman–Crippen MR) is 115 cm³/mol. The molecule has 0 unspecified atom stereocenters. The van der Waals surface area contributed by atoms with Crippen LogP contribution in [-0.2, 0) is 52.3 Å². The van der Waals surface area contributed by atoms with Gasteiger partial charge in [-0.15, -0.1) is 0 Å². The van der Waals surface area contributed by atoms with E-state index >= 15 is 0 Å². The smallest absolute Gasteiger partial charge is 0.331 e. The quantitative estimate of drug-likeness (QED) is 0.0818. The van der Waals surface area contributed by atoms with Crippen molar-refractivity contribution in [2.24, 2.45) is 0 Å². The van der Waals surface area contributed by atoms with E-state index in [9.17, 15) is 19.2 Å². The molecule has 11 nitrogen and oxygen atoms in total. The van der Waals surface area contributed by atoms with Gasteiger partial charge in [0.15, 0.2) is 0 Å². The molecule has 0 aromatic rings. The minimum atomic E-state index is -0.685. The molecule has 0 aliphatic carbocycles. The van der Waals surface area contributed by atoms with Crippen molar-refractivity contribution >= 4 is 23.9 Å². The maximum Gasteiger partial charge on any atom is 0.331 e. The fourth-order valence-corrected chi connectivity index (χ4v) is 1.69. The van der Waals surface area contributed by atoms with Gasteiger partial charge in [0.2, 0.25) is 0 Å². The second-order valence-electron chi connectivity index (χ2n) is 5.68.